The third kappa shape index (κ3) is 4.22. The summed E-state index contributed by atoms with van der Waals surface area (Å²) in [5.41, 5.74) is 1.29. The van der Waals surface area contributed by atoms with Gasteiger partial charge in [-0.2, -0.15) is 0 Å². The summed E-state index contributed by atoms with van der Waals surface area (Å²) in [4.78, 5) is 2.53. The molecule has 1 unspecified atom stereocenters. The van der Waals surface area contributed by atoms with Crippen molar-refractivity contribution in [3.05, 3.63) is 29.8 Å². The molecule has 0 saturated carbocycles. The van der Waals surface area contributed by atoms with Crippen LogP contribution in [0.15, 0.2) is 24.3 Å². The number of para-hydroxylation sites is 1. The van der Waals surface area contributed by atoms with Gasteiger partial charge in [0.2, 0.25) is 0 Å². The molecule has 1 N–H and O–H groups in total. The molecule has 3 nitrogen and oxygen atoms in total. The van der Waals surface area contributed by atoms with E-state index in [-0.39, 0.29) is 0 Å². The molecule has 1 fully saturated rings. The molecule has 2 rings (SSSR count). The first-order valence-corrected chi connectivity index (χ1v) is 7.29. The van der Waals surface area contributed by atoms with Crippen molar-refractivity contribution in [2.45, 2.75) is 45.3 Å². The first-order valence-electron chi connectivity index (χ1n) is 7.29. The number of nitrogens with one attached hydrogen (secondary N) is 1. The normalized spacial score (nSPS) is 20.7. The molecule has 1 heterocycles. The van der Waals surface area contributed by atoms with E-state index in [9.17, 15) is 0 Å². The molecule has 1 aromatic carbocycles. The second-order valence-electron chi connectivity index (χ2n) is 5.71. The molecule has 1 aliphatic heterocycles. The number of hydrogen-bond acceptors (Lipinski definition) is 3. The van der Waals surface area contributed by atoms with Crippen molar-refractivity contribution in [1.82, 2.24) is 10.2 Å². The van der Waals surface area contributed by atoms with Crippen molar-refractivity contribution < 1.29 is 4.74 Å². The molecular weight excluding hydrogens is 236 g/mol. The molecule has 1 atom stereocenters. The molecule has 1 aromatic rings. The minimum Gasteiger partial charge on any atom is -0.496 e. The number of likely N-dealkylation sites (tertiary alicyclic amines) is 1. The SMILES string of the molecule is COc1ccccc1CN1CCCC(NC(C)C)C1. The molecule has 0 aliphatic carbocycles. The minimum absolute atomic E-state index is 0.566. The fraction of sp³-hybridized carbons (Fsp3) is 0.625. The summed E-state index contributed by atoms with van der Waals surface area (Å²) in [5, 5.41) is 3.65. The summed E-state index contributed by atoms with van der Waals surface area (Å²) in [6.45, 7) is 7.75. The van der Waals surface area contributed by atoms with Crippen molar-refractivity contribution in [2.75, 3.05) is 20.2 Å². The Morgan fingerprint density at radius 3 is 2.89 bits per heavy atom. The van der Waals surface area contributed by atoms with Gasteiger partial charge in [-0.1, -0.05) is 32.0 Å². The zero-order valence-electron chi connectivity index (χ0n) is 12.4. The lowest BCUT2D eigenvalue weighted by Crippen LogP contribution is -2.47. The summed E-state index contributed by atoms with van der Waals surface area (Å²) < 4.78 is 5.44. The zero-order chi connectivity index (χ0) is 13.7. The molecule has 1 aliphatic rings. The van der Waals surface area contributed by atoms with E-state index in [4.69, 9.17) is 4.74 Å². The maximum Gasteiger partial charge on any atom is 0.123 e. The van der Waals surface area contributed by atoms with Crippen LogP contribution in [-0.2, 0) is 6.54 Å². The first-order chi connectivity index (χ1) is 9.19. The summed E-state index contributed by atoms with van der Waals surface area (Å²) in [6, 6.07) is 9.52. The highest BCUT2D eigenvalue weighted by Gasteiger charge is 2.20. The van der Waals surface area contributed by atoms with Gasteiger partial charge in [0.05, 0.1) is 7.11 Å². The van der Waals surface area contributed by atoms with Crippen LogP contribution >= 0.6 is 0 Å². The van der Waals surface area contributed by atoms with E-state index >= 15 is 0 Å². The molecule has 0 amide bonds. The Balaban J connectivity index is 1.95. The van der Waals surface area contributed by atoms with Gasteiger partial charge in [0.25, 0.3) is 0 Å². The van der Waals surface area contributed by atoms with E-state index in [2.05, 4.69) is 36.2 Å². The van der Waals surface area contributed by atoms with E-state index in [1.165, 1.54) is 24.9 Å². The average Bonchev–Trinajstić information content (AvgIpc) is 2.39. The Morgan fingerprint density at radius 1 is 1.37 bits per heavy atom. The molecular formula is C16H26N2O. The lowest BCUT2D eigenvalue weighted by atomic mass is 10.0. The Morgan fingerprint density at radius 2 is 2.16 bits per heavy atom. The van der Waals surface area contributed by atoms with Crippen molar-refractivity contribution in [2.24, 2.45) is 0 Å². The lowest BCUT2D eigenvalue weighted by Gasteiger charge is -2.34. The van der Waals surface area contributed by atoms with Crippen molar-refractivity contribution in [3.8, 4) is 5.75 Å². The monoisotopic (exact) mass is 262 g/mol. The van der Waals surface area contributed by atoms with Gasteiger partial charge in [0.15, 0.2) is 0 Å². The average molecular weight is 262 g/mol. The topological polar surface area (TPSA) is 24.5 Å². The molecule has 106 valence electrons. The maximum absolute atomic E-state index is 5.44. The minimum atomic E-state index is 0.566. The number of methoxy groups -OCH3 is 1. The highest BCUT2D eigenvalue weighted by atomic mass is 16.5. The zero-order valence-corrected chi connectivity index (χ0v) is 12.4. The molecule has 1 saturated heterocycles. The van der Waals surface area contributed by atoms with E-state index in [1.807, 2.05) is 12.1 Å². The Kier molecular flexibility index (Phi) is 5.23. The van der Waals surface area contributed by atoms with Crippen LogP contribution in [0.5, 0.6) is 5.75 Å². The van der Waals surface area contributed by atoms with Crippen molar-refractivity contribution >= 4 is 0 Å². The highest BCUT2D eigenvalue weighted by Crippen LogP contribution is 2.21. The van der Waals surface area contributed by atoms with Gasteiger partial charge in [0.1, 0.15) is 5.75 Å². The smallest absolute Gasteiger partial charge is 0.123 e. The van der Waals surface area contributed by atoms with Crippen LogP contribution in [0.3, 0.4) is 0 Å². The molecule has 0 bridgehead atoms. The lowest BCUT2D eigenvalue weighted by molar-refractivity contribution is 0.177. The van der Waals surface area contributed by atoms with Crippen molar-refractivity contribution in [3.63, 3.8) is 0 Å². The summed E-state index contributed by atoms with van der Waals surface area (Å²) in [7, 11) is 1.75. The molecule has 0 spiro atoms. The van der Waals surface area contributed by atoms with Crippen molar-refractivity contribution in [1.29, 1.82) is 0 Å². The van der Waals surface area contributed by atoms with Gasteiger partial charge in [-0.25, -0.2) is 0 Å². The fourth-order valence-corrected chi connectivity index (χ4v) is 2.88. The Bertz CT molecular complexity index is 392. The van der Waals surface area contributed by atoms with Gasteiger partial charge < -0.3 is 10.1 Å². The van der Waals surface area contributed by atoms with Crippen LogP contribution in [0.4, 0.5) is 0 Å². The number of benzene rings is 1. The first kappa shape index (κ1) is 14.4. The second-order valence-corrected chi connectivity index (χ2v) is 5.71. The molecule has 3 heteroatoms. The Labute approximate surface area is 116 Å². The van der Waals surface area contributed by atoms with E-state index in [0.717, 1.165) is 18.8 Å². The van der Waals surface area contributed by atoms with Gasteiger partial charge in [-0.05, 0) is 25.5 Å². The molecule has 19 heavy (non-hydrogen) atoms. The van der Waals surface area contributed by atoms with E-state index < -0.39 is 0 Å². The standard InChI is InChI=1S/C16H26N2O/c1-13(2)17-15-8-6-10-18(12-15)11-14-7-4-5-9-16(14)19-3/h4-5,7,9,13,15,17H,6,8,10-12H2,1-3H3. The van der Waals surface area contributed by atoms with E-state index in [0.29, 0.717) is 12.1 Å². The maximum atomic E-state index is 5.44. The largest absolute Gasteiger partial charge is 0.496 e. The third-order valence-electron chi connectivity index (χ3n) is 3.66. The number of nitrogens with zero attached hydrogens (tertiary/aromatic N) is 1. The summed E-state index contributed by atoms with van der Waals surface area (Å²) in [5.74, 6) is 1.00. The van der Waals surface area contributed by atoms with Gasteiger partial charge in [0, 0.05) is 30.7 Å². The number of hydrogen-bond donors (Lipinski definition) is 1. The predicted octanol–water partition coefficient (Wildman–Crippen LogP) is 2.66. The van der Waals surface area contributed by atoms with Crippen LogP contribution in [0.2, 0.25) is 0 Å². The highest BCUT2D eigenvalue weighted by molar-refractivity contribution is 5.33. The molecule has 0 aromatic heterocycles. The molecule has 0 radical (unpaired) electrons. The van der Waals surface area contributed by atoms with Crippen LogP contribution < -0.4 is 10.1 Å². The van der Waals surface area contributed by atoms with Gasteiger partial charge in [-0.15, -0.1) is 0 Å². The predicted molar refractivity (Wildman–Crippen MR) is 79.6 cm³/mol. The van der Waals surface area contributed by atoms with Crippen LogP contribution in [0.25, 0.3) is 0 Å². The van der Waals surface area contributed by atoms with Gasteiger partial charge >= 0.3 is 0 Å². The Hall–Kier alpha value is -1.06. The van der Waals surface area contributed by atoms with Crippen LogP contribution in [0, 0.1) is 0 Å². The second kappa shape index (κ2) is 6.92. The number of ether oxygens (including phenoxy) is 1. The number of rotatable bonds is 5. The van der Waals surface area contributed by atoms with Gasteiger partial charge in [-0.3, -0.25) is 4.90 Å². The summed E-state index contributed by atoms with van der Waals surface area (Å²) in [6.07, 6.45) is 2.57. The fourth-order valence-electron chi connectivity index (χ4n) is 2.88. The van der Waals surface area contributed by atoms with Crippen LogP contribution in [0.1, 0.15) is 32.3 Å². The number of piperidine rings is 1. The quantitative estimate of drug-likeness (QED) is 0.883. The third-order valence-corrected chi connectivity index (χ3v) is 3.66. The summed E-state index contributed by atoms with van der Waals surface area (Å²) >= 11 is 0. The van der Waals surface area contributed by atoms with Crippen LogP contribution in [-0.4, -0.2) is 37.2 Å². The van der Waals surface area contributed by atoms with E-state index in [1.54, 1.807) is 7.11 Å².